The number of nitro groups is 1. The molecule has 16 heavy (non-hydrogen) atoms. The normalized spacial score (nSPS) is 11.3. The molecule has 1 rings (SSSR count). The minimum atomic E-state index is -0.701. The number of nitrogens with two attached hydrogens (primary N) is 1. The van der Waals surface area contributed by atoms with Crippen LogP contribution in [0.2, 0.25) is 0 Å². The highest BCUT2D eigenvalue weighted by atomic mass is 16.6. The number of terminal acetylenes is 1. The van der Waals surface area contributed by atoms with Crippen molar-refractivity contribution in [1.82, 2.24) is 9.97 Å². The third-order valence-corrected chi connectivity index (χ3v) is 1.63. The quantitative estimate of drug-likeness (QED) is 0.321. The smallest absolute Gasteiger partial charge is 0.374 e. The molecule has 84 valence electrons. The first-order chi connectivity index (χ1) is 7.60. The first-order valence-electron chi connectivity index (χ1n) is 4.19. The molecule has 1 heterocycles. The number of nitrogen functional groups attached to an aromatic ring is 1. The van der Waals surface area contributed by atoms with Crippen molar-refractivity contribution >= 4 is 11.5 Å². The van der Waals surface area contributed by atoms with Crippen molar-refractivity contribution in [1.29, 1.82) is 0 Å². The second kappa shape index (κ2) is 4.90. The Hall–Kier alpha value is -2.40. The highest BCUT2D eigenvalue weighted by Gasteiger charge is 2.24. The molecule has 0 aromatic carbocycles. The maximum absolute atomic E-state index is 10.8. The zero-order chi connectivity index (χ0) is 12.1. The highest BCUT2D eigenvalue weighted by Crippen LogP contribution is 2.30. The van der Waals surface area contributed by atoms with Crippen molar-refractivity contribution in [3.8, 4) is 18.2 Å². The van der Waals surface area contributed by atoms with Crippen molar-refractivity contribution in [2.24, 2.45) is 5.84 Å². The summed E-state index contributed by atoms with van der Waals surface area (Å²) in [7, 11) is 0. The Labute approximate surface area is 91.0 Å². The van der Waals surface area contributed by atoms with Crippen LogP contribution in [0.5, 0.6) is 5.88 Å². The summed E-state index contributed by atoms with van der Waals surface area (Å²) in [5.74, 6) is 6.98. The van der Waals surface area contributed by atoms with E-state index in [9.17, 15) is 10.1 Å². The van der Waals surface area contributed by atoms with E-state index in [4.69, 9.17) is 17.0 Å². The fourth-order valence-electron chi connectivity index (χ4n) is 0.921. The number of aromatic nitrogens is 2. The minimum Gasteiger partial charge on any atom is -0.456 e. The summed E-state index contributed by atoms with van der Waals surface area (Å²) in [6.07, 6.45) is 5.53. The molecular formula is C8H9N5O3. The fraction of sp³-hybridized carbons (Fsp3) is 0.250. The summed E-state index contributed by atoms with van der Waals surface area (Å²) in [6.45, 7) is 1.56. The monoisotopic (exact) mass is 223 g/mol. The number of hydrazine groups is 1. The molecule has 0 aliphatic rings. The Balaban J connectivity index is 3.18. The van der Waals surface area contributed by atoms with Crippen LogP contribution in [0.25, 0.3) is 0 Å². The molecule has 1 aromatic heterocycles. The molecule has 1 atom stereocenters. The van der Waals surface area contributed by atoms with Crippen LogP contribution >= 0.6 is 0 Å². The lowest BCUT2D eigenvalue weighted by Gasteiger charge is -2.08. The van der Waals surface area contributed by atoms with E-state index in [1.165, 1.54) is 0 Å². The van der Waals surface area contributed by atoms with E-state index >= 15 is 0 Å². The van der Waals surface area contributed by atoms with Crippen LogP contribution in [0.4, 0.5) is 11.5 Å². The van der Waals surface area contributed by atoms with Crippen molar-refractivity contribution in [3.63, 3.8) is 0 Å². The molecule has 0 fully saturated rings. The zero-order valence-corrected chi connectivity index (χ0v) is 8.38. The molecule has 0 radical (unpaired) electrons. The van der Waals surface area contributed by atoms with Gasteiger partial charge in [-0.1, -0.05) is 5.92 Å². The SMILES string of the molecule is C#CC(C)Oc1ncnc(NN)c1[N+](=O)[O-]. The van der Waals surface area contributed by atoms with Crippen molar-refractivity contribution in [2.45, 2.75) is 13.0 Å². The summed E-state index contributed by atoms with van der Waals surface area (Å²) >= 11 is 0. The molecule has 1 unspecified atom stereocenters. The molecule has 0 amide bonds. The van der Waals surface area contributed by atoms with Gasteiger partial charge in [0.05, 0.1) is 4.92 Å². The summed E-state index contributed by atoms with van der Waals surface area (Å²) < 4.78 is 5.07. The Morgan fingerprint density at radius 3 is 2.94 bits per heavy atom. The van der Waals surface area contributed by atoms with Gasteiger partial charge in [-0.15, -0.1) is 6.42 Å². The predicted molar refractivity (Wildman–Crippen MR) is 55.4 cm³/mol. The summed E-state index contributed by atoms with van der Waals surface area (Å²) in [4.78, 5) is 17.3. The van der Waals surface area contributed by atoms with Crippen molar-refractivity contribution in [3.05, 3.63) is 16.4 Å². The second-order valence-electron chi connectivity index (χ2n) is 2.70. The average molecular weight is 223 g/mol. The number of ether oxygens (including phenoxy) is 1. The van der Waals surface area contributed by atoms with E-state index < -0.39 is 16.7 Å². The highest BCUT2D eigenvalue weighted by molar-refractivity contribution is 5.60. The van der Waals surface area contributed by atoms with Gasteiger partial charge in [0.1, 0.15) is 6.33 Å². The van der Waals surface area contributed by atoms with Gasteiger partial charge < -0.3 is 10.2 Å². The van der Waals surface area contributed by atoms with Crippen LogP contribution in [-0.2, 0) is 0 Å². The van der Waals surface area contributed by atoms with Crippen LogP contribution in [-0.4, -0.2) is 21.0 Å². The van der Waals surface area contributed by atoms with E-state index in [-0.39, 0.29) is 11.7 Å². The summed E-state index contributed by atoms with van der Waals surface area (Å²) in [5.41, 5.74) is 1.63. The van der Waals surface area contributed by atoms with Gasteiger partial charge in [-0.25, -0.2) is 10.8 Å². The van der Waals surface area contributed by atoms with E-state index in [0.29, 0.717) is 0 Å². The molecule has 8 nitrogen and oxygen atoms in total. The lowest BCUT2D eigenvalue weighted by Crippen LogP contribution is -2.15. The first kappa shape index (κ1) is 11.7. The van der Waals surface area contributed by atoms with Crippen LogP contribution in [0, 0.1) is 22.5 Å². The van der Waals surface area contributed by atoms with Crippen molar-refractivity contribution < 1.29 is 9.66 Å². The third kappa shape index (κ3) is 2.34. The van der Waals surface area contributed by atoms with Crippen LogP contribution < -0.4 is 16.0 Å². The number of rotatable bonds is 4. The number of nitrogens with one attached hydrogen (secondary N) is 1. The Bertz CT molecular complexity index is 442. The lowest BCUT2D eigenvalue weighted by molar-refractivity contribution is -0.385. The summed E-state index contributed by atoms with van der Waals surface area (Å²) in [6, 6.07) is 0. The number of anilines is 1. The molecule has 0 aliphatic carbocycles. The Morgan fingerprint density at radius 1 is 1.75 bits per heavy atom. The Kier molecular flexibility index (Phi) is 3.58. The van der Waals surface area contributed by atoms with Gasteiger partial charge in [0.2, 0.25) is 5.82 Å². The van der Waals surface area contributed by atoms with E-state index in [1.807, 2.05) is 0 Å². The molecule has 0 spiro atoms. The van der Waals surface area contributed by atoms with E-state index in [2.05, 4.69) is 21.3 Å². The molecule has 0 bridgehead atoms. The van der Waals surface area contributed by atoms with Gasteiger partial charge in [-0.3, -0.25) is 10.1 Å². The standard InChI is InChI=1S/C8H9N5O3/c1-3-5(2)16-8-6(13(14)15)7(12-9)10-4-11-8/h1,4-5H,9H2,2H3,(H,10,11,12). The maximum atomic E-state index is 10.8. The summed E-state index contributed by atoms with van der Waals surface area (Å²) in [5, 5.41) is 10.8. The molecule has 1 aromatic rings. The largest absolute Gasteiger partial charge is 0.456 e. The third-order valence-electron chi connectivity index (χ3n) is 1.63. The van der Waals surface area contributed by atoms with Gasteiger partial charge in [-0.2, -0.15) is 4.98 Å². The topological polar surface area (TPSA) is 116 Å². The first-order valence-corrected chi connectivity index (χ1v) is 4.19. The number of hydrogen-bond acceptors (Lipinski definition) is 7. The minimum absolute atomic E-state index is 0.140. The molecule has 0 saturated heterocycles. The van der Waals surface area contributed by atoms with Crippen LogP contribution in [0.3, 0.4) is 0 Å². The van der Waals surface area contributed by atoms with E-state index in [0.717, 1.165) is 6.33 Å². The van der Waals surface area contributed by atoms with Crippen LogP contribution in [0.15, 0.2) is 6.33 Å². The molecule has 0 saturated carbocycles. The lowest BCUT2D eigenvalue weighted by atomic mass is 10.4. The van der Waals surface area contributed by atoms with Crippen LogP contribution in [0.1, 0.15) is 6.92 Å². The van der Waals surface area contributed by atoms with E-state index in [1.54, 1.807) is 6.92 Å². The predicted octanol–water partition coefficient (Wildman–Crippen LogP) is 0.0709. The second-order valence-corrected chi connectivity index (χ2v) is 2.70. The Morgan fingerprint density at radius 2 is 2.44 bits per heavy atom. The average Bonchev–Trinajstić information content (AvgIpc) is 2.28. The van der Waals surface area contributed by atoms with Gasteiger partial charge in [0.25, 0.3) is 0 Å². The number of hydrogen-bond donors (Lipinski definition) is 2. The van der Waals surface area contributed by atoms with Gasteiger partial charge in [0.15, 0.2) is 6.10 Å². The van der Waals surface area contributed by atoms with Crippen molar-refractivity contribution in [2.75, 3.05) is 5.43 Å². The maximum Gasteiger partial charge on any atom is 0.374 e. The fourth-order valence-corrected chi connectivity index (χ4v) is 0.921. The number of nitrogens with zero attached hydrogens (tertiary/aromatic N) is 3. The van der Waals surface area contributed by atoms with Gasteiger partial charge >= 0.3 is 11.6 Å². The molecule has 3 N–H and O–H groups in total. The van der Waals surface area contributed by atoms with Gasteiger partial charge in [0, 0.05) is 0 Å². The molecule has 0 aliphatic heterocycles. The van der Waals surface area contributed by atoms with Gasteiger partial charge in [-0.05, 0) is 6.92 Å². The zero-order valence-electron chi connectivity index (χ0n) is 8.38. The molecular weight excluding hydrogens is 214 g/mol. The molecule has 8 heteroatoms.